The van der Waals surface area contributed by atoms with Crippen molar-refractivity contribution in [2.24, 2.45) is 0 Å². The van der Waals surface area contributed by atoms with E-state index in [2.05, 4.69) is 45.3 Å². The fourth-order valence-corrected chi connectivity index (χ4v) is 2.34. The van der Waals surface area contributed by atoms with Crippen LogP contribution in [0.1, 0.15) is 23.7 Å². The maximum Gasteiger partial charge on any atom is 0.0732 e. The van der Waals surface area contributed by atoms with Crippen LogP contribution in [-0.4, -0.2) is 16.1 Å². The van der Waals surface area contributed by atoms with Gasteiger partial charge in [0.1, 0.15) is 0 Å². The van der Waals surface area contributed by atoms with Crippen molar-refractivity contribution < 1.29 is 0 Å². The summed E-state index contributed by atoms with van der Waals surface area (Å²) in [5, 5.41) is 3.59. The molecule has 0 amide bonds. The Labute approximate surface area is 95.1 Å². The van der Waals surface area contributed by atoms with E-state index in [-0.39, 0.29) is 0 Å². The molecule has 0 saturated carbocycles. The fraction of sp³-hybridized carbons (Fsp3) is 0.308. The molecular weight excluding hydrogens is 198 g/mol. The van der Waals surface area contributed by atoms with E-state index >= 15 is 0 Å². The molecule has 2 aromatic heterocycles. The molecule has 82 valence electrons. The number of rotatable bonds is 1. The molecule has 1 unspecified atom stereocenters. The van der Waals surface area contributed by atoms with Crippen LogP contribution >= 0.6 is 0 Å². The van der Waals surface area contributed by atoms with Gasteiger partial charge in [0.2, 0.25) is 0 Å². The van der Waals surface area contributed by atoms with E-state index in [0.717, 1.165) is 13.1 Å². The average Bonchev–Trinajstić information content (AvgIpc) is 2.70. The summed E-state index contributed by atoms with van der Waals surface area (Å²) < 4.78 is 2.34. The van der Waals surface area contributed by atoms with Crippen LogP contribution in [0.5, 0.6) is 0 Å². The number of hydrogen-bond donors (Lipinski definition) is 1. The average molecular weight is 213 g/mol. The second kappa shape index (κ2) is 4.10. The predicted octanol–water partition coefficient (Wildman–Crippen LogP) is 1.97. The zero-order valence-corrected chi connectivity index (χ0v) is 9.13. The lowest BCUT2D eigenvalue weighted by atomic mass is 10.1. The highest BCUT2D eigenvalue weighted by molar-refractivity contribution is 5.27. The molecule has 1 N–H and O–H groups in total. The molecule has 0 aromatic carbocycles. The number of nitrogens with one attached hydrogen (secondary N) is 1. The summed E-state index contributed by atoms with van der Waals surface area (Å²) in [4.78, 5) is 4.07. The normalized spacial score (nSPS) is 20.1. The van der Waals surface area contributed by atoms with Crippen molar-refractivity contribution in [1.82, 2.24) is 14.9 Å². The molecule has 0 spiro atoms. The second-order valence-electron chi connectivity index (χ2n) is 4.15. The Kier molecular flexibility index (Phi) is 2.46. The summed E-state index contributed by atoms with van der Waals surface area (Å²) in [5.74, 6) is 0. The van der Waals surface area contributed by atoms with E-state index in [9.17, 15) is 0 Å². The van der Waals surface area contributed by atoms with Crippen LogP contribution in [-0.2, 0) is 6.54 Å². The van der Waals surface area contributed by atoms with Gasteiger partial charge in [-0.1, -0.05) is 0 Å². The predicted molar refractivity (Wildman–Crippen MR) is 63.1 cm³/mol. The van der Waals surface area contributed by atoms with Gasteiger partial charge in [0.15, 0.2) is 0 Å². The minimum Gasteiger partial charge on any atom is -0.350 e. The quantitative estimate of drug-likeness (QED) is 0.785. The largest absolute Gasteiger partial charge is 0.350 e. The molecule has 3 nitrogen and oxygen atoms in total. The fourth-order valence-electron chi connectivity index (χ4n) is 2.34. The molecule has 0 fully saturated rings. The van der Waals surface area contributed by atoms with Gasteiger partial charge in [-0.3, -0.25) is 4.98 Å². The lowest BCUT2D eigenvalue weighted by molar-refractivity contribution is 0.608. The zero-order chi connectivity index (χ0) is 10.8. The molecule has 1 atom stereocenters. The van der Waals surface area contributed by atoms with E-state index in [1.54, 1.807) is 0 Å². The van der Waals surface area contributed by atoms with Crippen LogP contribution in [0.3, 0.4) is 0 Å². The molecule has 0 bridgehead atoms. The highest BCUT2D eigenvalue weighted by atomic mass is 15.1. The summed E-state index contributed by atoms with van der Waals surface area (Å²) in [6, 6.07) is 8.79. The van der Waals surface area contributed by atoms with Crippen LogP contribution in [0.2, 0.25) is 0 Å². The Morgan fingerprint density at radius 3 is 3.00 bits per heavy atom. The molecule has 0 saturated heterocycles. The third-order valence-corrected chi connectivity index (χ3v) is 3.12. The molecule has 1 aliphatic rings. The third-order valence-electron chi connectivity index (χ3n) is 3.12. The third kappa shape index (κ3) is 1.63. The molecule has 1 aliphatic heterocycles. The molecule has 3 heterocycles. The molecule has 0 radical (unpaired) electrons. The molecule has 2 aromatic rings. The number of pyridine rings is 1. The van der Waals surface area contributed by atoms with Crippen molar-refractivity contribution in [2.75, 3.05) is 6.54 Å². The SMILES string of the molecule is c1cc2n(c1)CCCNC2c1ccncc1. The number of nitrogens with zero attached hydrogens (tertiary/aromatic N) is 2. The Balaban J connectivity index is 2.03. The Morgan fingerprint density at radius 2 is 2.12 bits per heavy atom. The van der Waals surface area contributed by atoms with Crippen LogP contribution < -0.4 is 5.32 Å². The van der Waals surface area contributed by atoms with Crippen LogP contribution in [0, 0.1) is 0 Å². The first kappa shape index (κ1) is 9.60. The van der Waals surface area contributed by atoms with Gasteiger partial charge in [-0.2, -0.15) is 0 Å². The van der Waals surface area contributed by atoms with E-state index in [4.69, 9.17) is 0 Å². The standard InChI is InChI=1S/C13H15N3/c1-3-12-13(11-4-7-14-8-5-11)15-6-2-10-16(12)9-1/h1,3-5,7-9,13,15H,2,6,10H2. The lowest BCUT2D eigenvalue weighted by Crippen LogP contribution is -2.22. The van der Waals surface area contributed by atoms with Crippen LogP contribution in [0.15, 0.2) is 42.9 Å². The van der Waals surface area contributed by atoms with Crippen molar-refractivity contribution in [3.8, 4) is 0 Å². The topological polar surface area (TPSA) is 29.9 Å². The molecular formula is C13H15N3. The van der Waals surface area contributed by atoms with Crippen molar-refractivity contribution in [1.29, 1.82) is 0 Å². The number of aryl methyl sites for hydroxylation is 1. The highest BCUT2D eigenvalue weighted by Gasteiger charge is 2.18. The summed E-state index contributed by atoms with van der Waals surface area (Å²) >= 11 is 0. The first-order valence-electron chi connectivity index (χ1n) is 5.73. The first-order valence-corrected chi connectivity index (χ1v) is 5.73. The summed E-state index contributed by atoms with van der Waals surface area (Å²) in [6.07, 6.45) is 7.06. The summed E-state index contributed by atoms with van der Waals surface area (Å²) in [7, 11) is 0. The van der Waals surface area contributed by atoms with Gasteiger partial charge in [0.25, 0.3) is 0 Å². The molecule has 0 aliphatic carbocycles. The van der Waals surface area contributed by atoms with Gasteiger partial charge in [-0.05, 0) is 42.8 Å². The van der Waals surface area contributed by atoms with Gasteiger partial charge >= 0.3 is 0 Å². The van der Waals surface area contributed by atoms with Crippen molar-refractivity contribution in [2.45, 2.75) is 19.0 Å². The maximum absolute atomic E-state index is 4.07. The minimum atomic E-state index is 0.306. The van der Waals surface area contributed by atoms with E-state index in [1.165, 1.54) is 17.7 Å². The number of fused-ring (bicyclic) bond motifs is 1. The van der Waals surface area contributed by atoms with Crippen molar-refractivity contribution in [3.05, 3.63) is 54.1 Å². The Hall–Kier alpha value is -1.61. The van der Waals surface area contributed by atoms with E-state index in [0.29, 0.717) is 6.04 Å². The summed E-state index contributed by atoms with van der Waals surface area (Å²) in [5.41, 5.74) is 2.64. The molecule has 3 rings (SSSR count). The molecule has 3 heteroatoms. The number of hydrogen-bond acceptors (Lipinski definition) is 2. The smallest absolute Gasteiger partial charge is 0.0732 e. The van der Waals surface area contributed by atoms with Gasteiger partial charge < -0.3 is 9.88 Å². The van der Waals surface area contributed by atoms with Gasteiger partial charge in [-0.25, -0.2) is 0 Å². The zero-order valence-electron chi connectivity index (χ0n) is 9.13. The summed E-state index contributed by atoms with van der Waals surface area (Å²) in [6.45, 7) is 2.17. The maximum atomic E-state index is 4.07. The van der Waals surface area contributed by atoms with E-state index < -0.39 is 0 Å². The molecule has 16 heavy (non-hydrogen) atoms. The Morgan fingerprint density at radius 1 is 1.25 bits per heavy atom. The van der Waals surface area contributed by atoms with Crippen LogP contribution in [0.25, 0.3) is 0 Å². The minimum absolute atomic E-state index is 0.306. The first-order chi connectivity index (χ1) is 7.95. The van der Waals surface area contributed by atoms with E-state index in [1.807, 2.05) is 12.4 Å². The van der Waals surface area contributed by atoms with Gasteiger partial charge in [0.05, 0.1) is 6.04 Å². The monoisotopic (exact) mass is 213 g/mol. The van der Waals surface area contributed by atoms with Gasteiger partial charge in [0, 0.05) is 30.8 Å². The second-order valence-corrected chi connectivity index (χ2v) is 4.15. The Bertz CT molecular complexity index is 461. The van der Waals surface area contributed by atoms with Gasteiger partial charge in [-0.15, -0.1) is 0 Å². The van der Waals surface area contributed by atoms with Crippen LogP contribution in [0.4, 0.5) is 0 Å². The van der Waals surface area contributed by atoms with Crippen molar-refractivity contribution >= 4 is 0 Å². The number of aromatic nitrogens is 2. The lowest BCUT2D eigenvalue weighted by Gasteiger charge is -2.17. The highest BCUT2D eigenvalue weighted by Crippen LogP contribution is 2.24. The van der Waals surface area contributed by atoms with Crippen molar-refractivity contribution in [3.63, 3.8) is 0 Å².